The monoisotopic (exact) mass is 514 g/mol. The molecule has 3 heterocycles. The number of alkyl halides is 6. The number of ether oxygens (including phenoxy) is 2. The predicted molar refractivity (Wildman–Crippen MR) is 109 cm³/mol. The highest BCUT2D eigenvalue weighted by Crippen LogP contribution is 2.35. The number of carboxylic acids is 2. The third-order valence-electron chi connectivity index (χ3n) is 5.48. The van der Waals surface area contributed by atoms with Crippen LogP contribution in [0.4, 0.5) is 26.3 Å². The number of fused-ring (bicyclic) bond motifs is 2. The van der Waals surface area contributed by atoms with Crippen molar-refractivity contribution < 1.29 is 55.6 Å². The first-order valence-electron chi connectivity index (χ1n) is 10.3. The normalized spacial score (nSPS) is 21.3. The summed E-state index contributed by atoms with van der Waals surface area (Å²) in [5.74, 6) is -3.75. The average Bonchev–Trinajstić information content (AvgIpc) is 3.46. The zero-order chi connectivity index (χ0) is 26.4. The number of halogens is 6. The Morgan fingerprint density at radius 3 is 1.94 bits per heavy atom. The molecule has 0 amide bonds. The number of carbonyl (C=O) groups is 2. The van der Waals surface area contributed by atoms with Gasteiger partial charge in [0.15, 0.2) is 11.5 Å². The van der Waals surface area contributed by atoms with Crippen molar-refractivity contribution in [2.75, 3.05) is 26.4 Å². The molecule has 3 aliphatic heterocycles. The predicted octanol–water partition coefficient (Wildman–Crippen LogP) is 3.52. The molecular formula is C21H24F6N2O6. The lowest BCUT2D eigenvalue weighted by Gasteiger charge is -2.25. The Bertz CT molecular complexity index is 883. The minimum absolute atomic E-state index is 0.351. The molecule has 2 atom stereocenters. The highest BCUT2D eigenvalue weighted by atomic mass is 19.4. The van der Waals surface area contributed by atoms with Gasteiger partial charge < -0.3 is 19.7 Å². The lowest BCUT2D eigenvalue weighted by atomic mass is 10.1. The van der Waals surface area contributed by atoms with E-state index in [9.17, 15) is 26.3 Å². The van der Waals surface area contributed by atoms with Crippen LogP contribution in [0.15, 0.2) is 30.9 Å². The van der Waals surface area contributed by atoms with Crippen molar-refractivity contribution in [2.45, 2.75) is 43.8 Å². The van der Waals surface area contributed by atoms with E-state index >= 15 is 0 Å². The molecule has 0 saturated carbocycles. The number of benzene rings is 1. The van der Waals surface area contributed by atoms with Gasteiger partial charge in [0.1, 0.15) is 0 Å². The number of nitrogens with zero attached hydrogens (tertiary/aromatic N) is 2. The summed E-state index contributed by atoms with van der Waals surface area (Å²) in [6.45, 7) is 8.67. The van der Waals surface area contributed by atoms with Crippen LogP contribution < -0.4 is 9.47 Å². The molecule has 14 heteroatoms. The molecule has 0 bridgehead atoms. The molecule has 4 rings (SSSR count). The van der Waals surface area contributed by atoms with Crippen LogP contribution >= 0.6 is 0 Å². The van der Waals surface area contributed by atoms with Gasteiger partial charge in [-0.15, -0.1) is 6.58 Å². The van der Waals surface area contributed by atoms with Gasteiger partial charge in [-0.05, 0) is 30.5 Å². The van der Waals surface area contributed by atoms with E-state index in [1.54, 1.807) is 0 Å². The first-order valence-corrected chi connectivity index (χ1v) is 10.3. The number of aliphatic carboxylic acids is 2. The van der Waals surface area contributed by atoms with Crippen molar-refractivity contribution in [3.8, 4) is 11.5 Å². The van der Waals surface area contributed by atoms with Crippen molar-refractivity contribution in [2.24, 2.45) is 0 Å². The quantitative estimate of drug-likeness (QED) is 0.465. The minimum Gasteiger partial charge on any atom is -0.475 e. The van der Waals surface area contributed by atoms with Crippen molar-refractivity contribution in [1.82, 2.24) is 9.80 Å². The minimum atomic E-state index is -5.08. The highest BCUT2D eigenvalue weighted by molar-refractivity contribution is 5.73. The van der Waals surface area contributed by atoms with Crippen molar-refractivity contribution in [3.63, 3.8) is 0 Å². The molecule has 1 aromatic carbocycles. The smallest absolute Gasteiger partial charge is 0.475 e. The molecule has 2 fully saturated rings. The van der Waals surface area contributed by atoms with Gasteiger partial charge >= 0.3 is 24.3 Å². The number of likely N-dealkylation sites (tertiary alicyclic amines) is 2. The van der Waals surface area contributed by atoms with Gasteiger partial charge in [0.2, 0.25) is 6.79 Å². The van der Waals surface area contributed by atoms with E-state index in [4.69, 9.17) is 29.3 Å². The third-order valence-corrected chi connectivity index (χ3v) is 5.48. The Kier molecular flexibility index (Phi) is 9.38. The molecule has 0 radical (unpaired) electrons. The number of rotatable bonds is 4. The van der Waals surface area contributed by atoms with Crippen molar-refractivity contribution >= 4 is 11.9 Å². The van der Waals surface area contributed by atoms with E-state index in [1.165, 1.54) is 31.5 Å². The maximum Gasteiger partial charge on any atom is 0.490 e. The zero-order valence-corrected chi connectivity index (χ0v) is 18.3. The van der Waals surface area contributed by atoms with Crippen LogP contribution in [0.25, 0.3) is 0 Å². The highest BCUT2D eigenvalue weighted by Gasteiger charge is 2.42. The van der Waals surface area contributed by atoms with Gasteiger partial charge in [-0.2, -0.15) is 26.3 Å². The summed E-state index contributed by atoms with van der Waals surface area (Å²) >= 11 is 0. The molecule has 0 aromatic heterocycles. The van der Waals surface area contributed by atoms with Crippen LogP contribution in [0.2, 0.25) is 0 Å². The Balaban J connectivity index is 0.000000257. The first kappa shape index (κ1) is 28.2. The van der Waals surface area contributed by atoms with E-state index in [2.05, 4.69) is 28.5 Å². The SMILES string of the molecule is C=CCN1CC[C@@H]2[C@@H]1CCN2Cc1ccc2c(c1)OCO2.O=C(O)C(F)(F)F.O=C(O)C(F)(F)F. The van der Waals surface area contributed by atoms with Gasteiger partial charge in [0.05, 0.1) is 0 Å². The molecule has 1 aromatic rings. The van der Waals surface area contributed by atoms with Crippen LogP contribution in [0.3, 0.4) is 0 Å². The number of hydrogen-bond acceptors (Lipinski definition) is 6. The summed E-state index contributed by atoms with van der Waals surface area (Å²) in [5.41, 5.74) is 1.32. The van der Waals surface area contributed by atoms with Crippen molar-refractivity contribution in [1.29, 1.82) is 0 Å². The van der Waals surface area contributed by atoms with E-state index < -0.39 is 24.3 Å². The van der Waals surface area contributed by atoms with E-state index in [-0.39, 0.29) is 0 Å². The number of carboxylic acid groups (broad SMARTS) is 2. The van der Waals surface area contributed by atoms with Gasteiger partial charge in [0.25, 0.3) is 0 Å². The molecule has 0 aliphatic carbocycles. The molecule has 35 heavy (non-hydrogen) atoms. The average molecular weight is 514 g/mol. The zero-order valence-electron chi connectivity index (χ0n) is 18.3. The topological polar surface area (TPSA) is 99.5 Å². The maximum atomic E-state index is 10.6. The molecule has 2 saturated heterocycles. The van der Waals surface area contributed by atoms with Gasteiger partial charge in [-0.1, -0.05) is 12.1 Å². The molecule has 2 N–H and O–H groups in total. The molecule has 8 nitrogen and oxygen atoms in total. The molecular weight excluding hydrogens is 490 g/mol. The van der Waals surface area contributed by atoms with Crippen LogP contribution in [0.1, 0.15) is 18.4 Å². The second-order valence-corrected chi connectivity index (χ2v) is 7.76. The van der Waals surface area contributed by atoms with Crippen LogP contribution in [0, 0.1) is 0 Å². The third kappa shape index (κ3) is 8.02. The fourth-order valence-electron chi connectivity index (χ4n) is 4.03. The van der Waals surface area contributed by atoms with Gasteiger partial charge in [-0.3, -0.25) is 9.80 Å². The largest absolute Gasteiger partial charge is 0.490 e. The molecule has 0 spiro atoms. The summed E-state index contributed by atoms with van der Waals surface area (Å²) in [6.07, 6.45) is -5.57. The van der Waals surface area contributed by atoms with E-state index in [0.717, 1.165) is 30.6 Å². The summed E-state index contributed by atoms with van der Waals surface area (Å²) < 4.78 is 74.3. The summed E-state index contributed by atoms with van der Waals surface area (Å²) in [4.78, 5) is 23.0. The lowest BCUT2D eigenvalue weighted by Crippen LogP contribution is -2.36. The maximum absolute atomic E-state index is 10.6. The van der Waals surface area contributed by atoms with E-state index in [0.29, 0.717) is 12.8 Å². The molecule has 196 valence electrons. The second-order valence-electron chi connectivity index (χ2n) is 7.76. The molecule has 3 aliphatic rings. The Labute approximate surface area is 196 Å². The summed E-state index contributed by atoms with van der Waals surface area (Å²) in [5, 5.41) is 14.2. The Morgan fingerprint density at radius 1 is 0.943 bits per heavy atom. The standard InChI is InChI=1S/C17H22N2O2.2C2HF3O2/c1-2-7-18-8-5-15-14(18)6-9-19(15)11-13-3-4-16-17(10-13)21-12-20-16;2*3-2(4,5)1(6)7/h2-4,10,14-15H,1,5-9,11-12H2;2*(H,6,7)/t14-,15+;;/m0../s1. The summed E-state index contributed by atoms with van der Waals surface area (Å²) in [7, 11) is 0. The molecule has 0 unspecified atom stereocenters. The Morgan fingerprint density at radius 2 is 1.43 bits per heavy atom. The second kappa shape index (κ2) is 11.6. The summed E-state index contributed by atoms with van der Waals surface area (Å²) in [6, 6.07) is 7.75. The van der Waals surface area contributed by atoms with Crippen LogP contribution in [-0.4, -0.2) is 82.8 Å². The van der Waals surface area contributed by atoms with Crippen LogP contribution in [-0.2, 0) is 16.1 Å². The fraction of sp³-hybridized carbons (Fsp3) is 0.524. The van der Waals surface area contributed by atoms with E-state index in [1.807, 2.05) is 12.1 Å². The van der Waals surface area contributed by atoms with Crippen molar-refractivity contribution in [3.05, 3.63) is 36.4 Å². The van der Waals surface area contributed by atoms with Gasteiger partial charge in [0, 0.05) is 38.3 Å². The van der Waals surface area contributed by atoms with Crippen LogP contribution in [0.5, 0.6) is 11.5 Å². The Hall–Kier alpha value is -3.00. The number of hydrogen-bond donors (Lipinski definition) is 2. The van der Waals surface area contributed by atoms with Gasteiger partial charge in [-0.25, -0.2) is 9.59 Å². The lowest BCUT2D eigenvalue weighted by molar-refractivity contribution is -0.193. The first-order chi connectivity index (χ1) is 16.2. The fourth-order valence-corrected chi connectivity index (χ4v) is 4.03.